The summed E-state index contributed by atoms with van der Waals surface area (Å²) in [5, 5.41) is 9.01. The molecule has 0 fully saturated rings. The standard InChI is InChI=1S/C13H20N2O4S/c1-2-15(5-6-16)20(17,18)12-9-11(14)8-10-4-3-7-19-13(10)12/h8-9,16H,2-7,14H2,1H3. The minimum absolute atomic E-state index is 0.0579. The van der Waals surface area contributed by atoms with Gasteiger partial charge in [0.1, 0.15) is 10.6 Å². The number of aliphatic hydroxyl groups excluding tert-OH is 1. The van der Waals surface area contributed by atoms with Gasteiger partial charge in [0.25, 0.3) is 0 Å². The lowest BCUT2D eigenvalue weighted by atomic mass is 10.1. The molecule has 0 amide bonds. The molecule has 2 rings (SSSR count). The lowest BCUT2D eigenvalue weighted by Gasteiger charge is -2.25. The number of sulfonamides is 1. The Bertz CT molecular complexity index is 586. The van der Waals surface area contributed by atoms with Crippen LogP contribution in [0.4, 0.5) is 5.69 Å². The Kier molecular flexibility index (Phi) is 4.52. The number of nitrogens with zero attached hydrogens (tertiary/aromatic N) is 1. The molecule has 0 atom stereocenters. The highest BCUT2D eigenvalue weighted by Crippen LogP contribution is 2.35. The topological polar surface area (TPSA) is 92.9 Å². The maximum atomic E-state index is 12.7. The van der Waals surface area contributed by atoms with Gasteiger partial charge in [0.05, 0.1) is 13.2 Å². The van der Waals surface area contributed by atoms with E-state index in [0.717, 1.165) is 18.4 Å². The number of ether oxygens (including phenoxy) is 1. The van der Waals surface area contributed by atoms with E-state index in [1.807, 2.05) is 0 Å². The van der Waals surface area contributed by atoms with Gasteiger partial charge in [-0.25, -0.2) is 8.42 Å². The summed E-state index contributed by atoms with van der Waals surface area (Å²) in [6, 6.07) is 3.19. The number of nitrogens with two attached hydrogens (primary N) is 1. The highest BCUT2D eigenvalue weighted by molar-refractivity contribution is 7.89. The van der Waals surface area contributed by atoms with E-state index in [1.165, 1.54) is 10.4 Å². The van der Waals surface area contributed by atoms with E-state index in [9.17, 15) is 8.42 Å². The van der Waals surface area contributed by atoms with Crippen LogP contribution in [0.2, 0.25) is 0 Å². The molecule has 7 heteroatoms. The van der Waals surface area contributed by atoms with Gasteiger partial charge in [-0.1, -0.05) is 6.92 Å². The molecule has 6 nitrogen and oxygen atoms in total. The molecule has 0 unspecified atom stereocenters. The number of aryl methyl sites for hydroxylation is 1. The van der Waals surface area contributed by atoms with Gasteiger partial charge >= 0.3 is 0 Å². The lowest BCUT2D eigenvalue weighted by molar-refractivity contribution is 0.255. The highest BCUT2D eigenvalue weighted by atomic mass is 32.2. The monoisotopic (exact) mass is 300 g/mol. The van der Waals surface area contributed by atoms with Gasteiger partial charge in [0.15, 0.2) is 0 Å². The third-order valence-electron chi connectivity index (χ3n) is 3.31. The van der Waals surface area contributed by atoms with Gasteiger partial charge in [-0.15, -0.1) is 0 Å². The first kappa shape index (κ1) is 15.1. The summed E-state index contributed by atoms with van der Waals surface area (Å²) in [6.45, 7) is 2.35. The first-order valence-electron chi connectivity index (χ1n) is 6.67. The van der Waals surface area contributed by atoms with Gasteiger partial charge in [-0.2, -0.15) is 4.31 Å². The van der Waals surface area contributed by atoms with Crippen molar-refractivity contribution >= 4 is 15.7 Å². The Morgan fingerprint density at radius 3 is 2.85 bits per heavy atom. The van der Waals surface area contributed by atoms with E-state index in [-0.39, 0.29) is 24.6 Å². The zero-order valence-electron chi connectivity index (χ0n) is 11.5. The van der Waals surface area contributed by atoms with Crippen LogP contribution in [0.15, 0.2) is 17.0 Å². The van der Waals surface area contributed by atoms with E-state index in [4.69, 9.17) is 15.6 Å². The molecule has 0 radical (unpaired) electrons. The molecular formula is C13H20N2O4S. The number of likely N-dealkylation sites (N-methyl/N-ethyl adjacent to an activating group) is 1. The number of anilines is 1. The van der Waals surface area contributed by atoms with Gasteiger partial charge in [0, 0.05) is 18.8 Å². The maximum Gasteiger partial charge on any atom is 0.246 e. The lowest BCUT2D eigenvalue weighted by Crippen LogP contribution is -2.34. The molecule has 0 bridgehead atoms. The second-order valence-corrected chi connectivity index (χ2v) is 6.59. The molecule has 0 spiro atoms. The number of rotatable bonds is 5. The van der Waals surface area contributed by atoms with Crippen LogP contribution in [0.25, 0.3) is 0 Å². The smallest absolute Gasteiger partial charge is 0.246 e. The average Bonchev–Trinajstić information content (AvgIpc) is 2.43. The fourth-order valence-electron chi connectivity index (χ4n) is 2.36. The van der Waals surface area contributed by atoms with E-state index in [1.54, 1.807) is 13.0 Å². The van der Waals surface area contributed by atoms with E-state index in [0.29, 0.717) is 18.0 Å². The number of benzene rings is 1. The number of nitrogen functional groups attached to an aromatic ring is 1. The summed E-state index contributed by atoms with van der Waals surface area (Å²) >= 11 is 0. The van der Waals surface area contributed by atoms with Crippen LogP contribution in [0.5, 0.6) is 5.75 Å². The zero-order valence-corrected chi connectivity index (χ0v) is 12.3. The third kappa shape index (κ3) is 2.74. The van der Waals surface area contributed by atoms with E-state index < -0.39 is 10.0 Å². The van der Waals surface area contributed by atoms with Crippen molar-refractivity contribution in [3.63, 3.8) is 0 Å². The van der Waals surface area contributed by atoms with Crippen molar-refractivity contribution in [3.8, 4) is 5.75 Å². The van der Waals surface area contributed by atoms with Crippen LogP contribution in [0.1, 0.15) is 18.9 Å². The summed E-state index contributed by atoms with van der Waals surface area (Å²) in [4.78, 5) is 0.0995. The number of hydrogen-bond donors (Lipinski definition) is 2. The van der Waals surface area contributed by atoms with Crippen LogP contribution < -0.4 is 10.5 Å². The van der Waals surface area contributed by atoms with E-state index in [2.05, 4.69) is 0 Å². The average molecular weight is 300 g/mol. The number of fused-ring (bicyclic) bond motifs is 1. The van der Waals surface area contributed by atoms with Crippen LogP contribution in [0, 0.1) is 0 Å². The minimum Gasteiger partial charge on any atom is -0.492 e. The summed E-state index contributed by atoms with van der Waals surface area (Å²) in [5.74, 6) is 0.404. The van der Waals surface area contributed by atoms with Crippen molar-refractivity contribution < 1.29 is 18.3 Å². The Labute approximate surface area is 119 Å². The van der Waals surface area contributed by atoms with Crippen molar-refractivity contribution in [2.24, 2.45) is 0 Å². The van der Waals surface area contributed by atoms with Crippen molar-refractivity contribution in [2.75, 3.05) is 32.0 Å². The van der Waals surface area contributed by atoms with Crippen LogP contribution in [0.3, 0.4) is 0 Å². The normalized spacial score (nSPS) is 14.9. The molecule has 1 aromatic rings. The van der Waals surface area contributed by atoms with Crippen LogP contribution in [-0.2, 0) is 16.4 Å². The number of aliphatic hydroxyl groups is 1. The second-order valence-electron chi connectivity index (χ2n) is 4.68. The quantitative estimate of drug-likeness (QED) is 0.777. The summed E-state index contributed by atoms with van der Waals surface area (Å²) in [7, 11) is -3.71. The second kappa shape index (κ2) is 5.99. The van der Waals surface area contributed by atoms with Crippen LogP contribution >= 0.6 is 0 Å². The molecule has 0 aromatic heterocycles. The van der Waals surface area contributed by atoms with Crippen LogP contribution in [-0.4, -0.2) is 44.1 Å². The predicted molar refractivity (Wildman–Crippen MR) is 76.2 cm³/mol. The summed E-state index contributed by atoms with van der Waals surface area (Å²) in [6.07, 6.45) is 1.61. The fourth-order valence-corrected chi connectivity index (χ4v) is 4.01. The summed E-state index contributed by atoms with van der Waals surface area (Å²) in [5.41, 5.74) is 7.05. The van der Waals surface area contributed by atoms with Crippen molar-refractivity contribution in [2.45, 2.75) is 24.7 Å². The minimum atomic E-state index is -3.71. The Balaban J connectivity index is 2.53. The van der Waals surface area contributed by atoms with Gasteiger partial charge in [0.2, 0.25) is 10.0 Å². The SMILES string of the molecule is CCN(CCO)S(=O)(=O)c1cc(N)cc2c1OCCC2. The van der Waals surface area contributed by atoms with E-state index >= 15 is 0 Å². The fraction of sp³-hybridized carbons (Fsp3) is 0.538. The molecule has 0 saturated heterocycles. The Hall–Kier alpha value is -1.31. The molecule has 1 aliphatic rings. The largest absolute Gasteiger partial charge is 0.492 e. The molecule has 3 N–H and O–H groups in total. The molecule has 112 valence electrons. The van der Waals surface area contributed by atoms with Gasteiger partial charge in [-0.05, 0) is 30.5 Å². The van der Waals surface area contributed by atoms with Gasteiger partial charge in [-0.3, -0.25) is 0 Å². The molecule has 1 aromatic carbocycles. The first-order valence-corrected chi connectivity index (χ1v) is 8.11. The Morgan fingerprint density at radius 2 is 2.20 bits per heavy atom. The molecule has 0 saturated carbocycles. The number of hydrogen-bond acceptors (Lipinski definition) is 5. The van der Waals surface area contributed by atoms with Crippen molar-refractivity contribution in [3.05, 3.63) is 17.7 Å². The summed E-state index contributed by atoms with van der Waals surface area (Å²) < 4.78 is 32.1. The molecule has 0 aliphatic carbocycles. The molecule has 20 heavy (non-hydrogen) atoms. The maximum absolute atomic E-state index is 12.7. The Morgan fingerprint density at radius 1 is 1.45 bits per heavy atom. The molecule has 1 aliphatic heterocycles. The highest BCUT2D eigenvalue weighted by Gasteiger charge is 2.29. The first-order chi connectivity index (χ1) is 9.50. The third-order valence-corrected chi connectivity index (χ3v) is 5.29. The predicted octanol–water partition coefficient (Wildman–Crippen LogP) is 0.597. The van der Waals surface area contributed by atoms with Gasteiger partial charge < -0.3 is 15.6 Å². The molecular weight excluding hydrogens is 280 g/mol. The van der Waals surface area contributed by atoms with Crippen molar-refractivity contribution in [1.29, 1.82) is 0 Å². The zero-order chi connectivity index (χ0) is 14.8. The van der Waals surface area contributed by atoms with Crippen molar-refractivity contribution in [1.82, 2.24) is 4.31 Å². The molecule has 1 heterocycles.